The lowest BCUT2D eigenvalue weighted by atomic mass is 9.99. The van der Waals surface area contributed by atoms with E-state index in [1.54, 1.807) is 0 Å². The maximum atomic E-state index is 12.9. The zero-order valence-corrected chi connectivity index (χ0v) is 46.7. The molecule has 0 bridgehead atoms. The molecule has 0 rings (SSSR count). The van der Waals surface area contributed by atoms with Crippen molar-refractivity contribution in [3.8, 4) is 0 Å². The van der Waals surface area contributed by atoms with Crippen LogP contribution in [0.3, 0.4) is 0 Å². The number of carbonyl (C=O) groups excluding carboxylic acids is 3. The van der Waals surface area contributed by atoms with Crippen LogP contribution in [0.15, 0.2) is 0 Å². The molecule has 1 unspecified atom stereocenters. The van der Waals surface area contributed by atoms with E-state index in [0.29, 0.717) is 19.3 Å². The largest absolute Gasteiger partial charge is 0.462 e. The second-order valence-corrected chi connectivity index (χ2v) is 22.1. The Kier molecular flexibility index (Phi) is 53.5. The summed E-state index contributed by atoms with van der Waals surface area (Å²) in [6, 6.07) is 0. The van der Waals surface area contributed by atoms with Crippen molar-refractivity contribution in [3.05, 3.63) is 0 Å². The van der Waals surface area contributed by atoms with Gasteiger partial charge in [0.1, 0.15) is 13.2 Å². The number of hydrogen-bond donors (Lipinski definition) is 0. The monoisotopic (exact) mass is 961 g/mol. The van der Waals surface area contributed by atoms with Gasteiger partial charge in [0.15, 0.2) is 6.10 Å². The van der Waals surface area contributed by atoms with E-state index in [1.165, 1.54) is 238 Å². The highest BCUT2D eigenvalue weighted by Crippen LogP contribution is 2.19. The van der Waals surface area contributed by atoms with Crippen molar-refractivity contribution in [1.29, 1.82) is 0 Å². The summed E-state index contributed by atoms with van der Waals surface area (Å²) in [5, 5.41) is 0. The Morgan fingerprint density at radius 2 is 0.559 bits per heavy atom. The summed E-state index contributed by atoms with van der Waals surface area (Å²) >= 11 is 0. The molecule has 68 heavy (non-hydrogen) atoms. The maximum absolute atomic E-state index is 12.9. The number of ether oxygens (including phenoxy) is 3. The molecule has 0 radical (unpaired) electrons. The molecule has 0 fully saturated rings. The molecule has 0 aliphatic carbocycles. The van der Waals surface area contributed by atoms with Crippen molar-refractivity contribution in [2.24, 2.45) is 11.8 Å². The fourth-order valence-electron chi connectivity index (χ4n) is 9.55. The second kappa shape index (κ2) is 54.7. The highest BCUT2D eigenvalue weighted by molar-refractivity contribution is 5.71. The Labute approximate surface area is 425 Å². The molecular weight excluding hydrogens is 841 g/mol. The van der Waals surface area contributed by atoms with Crippen molar-refractivity contribution in [2.45, 2.75) is 355 Å². The number of hydrogen-bond acceptors (Lipinski definition) is 6. The Bertz CT molecular complexity index is 1040. The molecule has 6 nitrogen and oxygen atoms in total. The first-order valence-corrected chi connectivity index (χ1v) is 30.8. The predicted octanol–water partition coefficient (Wildman–Crippen LogP) is 20.4. The normalized spacial score (nSPS) is 12.4. The Morgan fingerprint density at radius 3 is 0.838 bits per heavy atom. The van der Waals surface area contributed by atoms with Gasteiger partial charge in [0.2, 0.25) is 0 Å². The molecule has 0 aliphatic rings. The van der Waals surface area contributed by atoms with E-state index in [4.69, 9.17) is 14.2 Å². The summed E-state index contributed by atoms with van der Waals surface area (Å²) in [4.78, 5) is 38.2. The van der Waals surface area contributed by atoms with Gasteiger partial charge in [-0.05, 0) is 31.1 Å². The van der Waals surface area contributed by atoms with Crippen LogP contribution in [-0.2, 0) is 28.6 Å². The lowest BCUT2D eigenvalue weighted by Gasteiger charge is -2.18. The molecule has 0 aromatic carbocycles. The van der Waals surface area contributed by atoms with Crippen molar-refractivity contribution in [2.75, 3.05) is 13.2 Å². The molecule has 404 valence electrons. The lowest BCUT2D eigenvalue weighted by Crippen LogP contribution is -2.30. The fraction of sp³-hybridized carbons (Fsp3) is 0.952. The van der Waals surface area contributed by atoms with Gasteiger partial charge in [-0.3, -0.25) is 14.4 Å². The third-order valence-corrected chi connectivity index (χ3v) is 14.6. The molecule has 2 atom stereocenters. The molecule has 0 heterocycles. The van der Waals surface area contributed by atoms with Crippen LogP contribution in [0.2, 0.25) is 0 Å². The van der Waals surface area contributed by atoms with Crippen molar-refractivity contribution in [1.82, 2.24) is 0 Å². The van der Waals surface area contributed by atoms with Crippen LogP contribution in [0.1, 0.15) is 349 Å². The minimum absolute atomic E-state index is 0.0623. The van der Waals surface area contributed by atoms with E-state index in [9.17, 15) is 14.4 Å². The standard InChI is InChI=1S/C62H120O6/c1-6-8-9-10-11-12-13-14-19-23-26-32-37-42-47-52-60(63)66-55-59(56-67-61(64)53-48-43-38-33-29-28-31-36-41-46-51-58(5)7-2)68-62(65)54-49-44-39-34-27-24-21-18-16-15-17-20-22-25-30-35-40-45-50-57(3)4/h57-59H,6-56H2,1-5H3/t58?,59-/m0/s1. The van der Waals surface area contributed by atoms with Crippen LogP contribution in [-0.4, -0.2) is 37.2 Å². The first kappa shape index (κ1) is 66.4. The first-order valence-electron chi connectivity index (χ1n) is 30.8. The van der Waals surface area contributed by atoms with Gasteiger partial charge in [-0.2, -0.15) is 0 Å². The van der Waals surface area contributed by atoms with E-state index < -0.39 is 6.10 Å². The van der Waals surface area contributed by atoms with Crippen LogP contribution in [0.5, 0.6) is 0 Å². The third kappa shape index (κ3) is 53.8. The van der Waals surface area contributed by atoms with Crippen molar-refractivity contribution in [3.63, 3.8) is 0 Å². The van der Waals surface area contributed by atoms with E-state index in [-0.39, 0.29) is 31.1 Å². The first-order chi connectivity index (χ1) is 33.3. The maximum Gasteiger partial charge on any atom is 0.306 e. The molecular formula is C62H120O6. The van der Waals surface area contributed by atoms with Gasteiger partial charge in [0.25, 0.3) is 0 Å². The Morgan fingerprint density at radius 1 is 0.309 bits per heavy atom. The molecule has 6 heteroatoms. The molecule has 0 amide bonds. The smallest absolute Gasteiger partial charge is 0.306 e. The third-order valence-electron chi connectivity index (χ3n) is 14.6. The molecule has 0 saturated carbocycles. The van der Waals surface area contributed by atoms with Gasteiger partial charge < -0.3 is 14.2 Å². The topological polar surface area (TPSA) is 78.9 Å². The average molecular weight is 962 g/mol. The quantitative estimate of drug-likeness (QED) is 0.0343. The van der Waals surface area contributed by atoms with Crippen LogP contribution < -0.4 is 0 Å². The molecule has 0 aliphatic heterocycles. The number of rotatable bonds is 56. The molecule has 0 aromatic rings. The molecule has 0 N–H and O–H groups in total. The van der Waals surface area contributed by atoms with Crippen molar-refractivity contribution >= 4 is 17.9 Å². The second-order valence-electron chi connectivity index (χ2n) is 22.1. The van der Waals surface area contributed by atoms with E-state index in [1.807, 2.05) is 0 Å². The summed E-state index contributed by atoms with van der Waals surface area (Å²) in [5.41, 5.74) is 0. The molecule has 0 saturated heterocycles. The zero-order valence-electron chi connectivity index (χ0n) is 46.7. The van der Waals surface area contributed by atoms with Gasteiger partial charge >= 0.3 is 17.9 Å². The fourth-order valence-corrected chi connectivity index (χ4v) is 9.55. The molecule has 0 aromatic heterocycles. The van der Waals surface area contributed by atoms with Crippen LogP contribution >= 0.6 is 0 Å². The summed E-state index contributed by atoms with van der Waals surface area (Å²) in [5.74, 6) is 0.893. The van der Waals surface area contributed by atoms with Gasteiger partial charge in [-0.25, -0.2) is 0 Å². The van der Waals surface area contributed by atoms with Crippen LogP contribution in [0.25, 0.3) is 0 Å². The molecule has 0 spiro atoms. The van der Waals surface area contributed by atoms with Gasteiger partial charge in [-0.1, -0.05) is 311 Å². The van der Waals surface area contributed by atoms with E-state index >= 15 is 0 Å². The minimum Gasteiger partial charge on any atom is -0.462 e. The van der Waals surface area contributed by atoms with E-state index in [0.717, 1.165) is 69.6 Å². The Balaban J connectivity index is 4.27. The lowest BCUT2D eigenvalue weighted by molar-refractivity contribution is -0.167. The summed E-state index contributed by atoms with van der Waals surface area (Å²) in [7, 11) is 0. The van der Waals surface area contributed by atoms with Crippen LogP contribution in [0, 0.1) is 11.8 Å². The summed E-state index contributed by atoms with van der Waals surface area (Å²) in [6.07, 6.45) is 59.5. The summed E-state index contributed by atoms with van der Waals surface area (Å²) in [6.45, 7) is 11.5. The van der Waals surface area contributed by atoms with Crippen molar-refractivity contribution < 1.29 is 28.6 Å². The Hall–Kier alpha value is -1.59. The van der Waals surface area contributed by atoms with Gasteiger partial charge in [0, 0.05) is 19.3 Å². The van der Waals surface area contributed by atoms with Gasteiger partial charge in [0.05, 0.1) is 0 Å². The summed E-state index contributed by atoms with van der Waals surface area (Å²) < 4.78 is 16.9. The predicted molar refractivity (Wildman–Crippen MR) is 293 cm³/mol. The zero-order chi connectivity index (χ0) is 49.6. The van der Waals surface area contributed by atoms with E-state index in [2.05, 4.69) is 34.6 Å². The number of unbranched alkanes of at least 4 members (excludes halogenated alkanes) is 40. The SMILES string of the molecule is CCCCCCCCCCCCCCCCCC(=O)OC[C@@H](COC(=O)CCCCCCCCCCCCC(C)CC)OC(=O)CCCCCCCCCCCCCCCCCCCCC(C)C. The minimum atomic E-state index is -0.763. The van der Waals surface area contributed by atoms with Crippen LogP contribution in [0.4, 0.5) is 0 Å². The van der Waals surface area contributed by atoms with Gasteiger partial charge in [-0.15, -0.1) is 0 Å². The highest BCUT2D eigenvalue weighted by atomic mass is 16.6. The number of carbonyl (C=O) groups is 3. The highest BCUT2D eigenvalue weighted by Gasteiger charge is 2.19. The number of esters is 3. The average Bonchev–Trinajstić information content (AvgIpc) is 3.32.